The molecule has 0 N–H and O–H groups in total. The molecule has 28 heavy (non-hydrogen) atoms. The van der Waals surface area contributed by atoms with Crippen LogP contribution in [0, 0.1) is 6.92 Å². The number of aliphatic imine (C=N–C) groups is 1. The second kappa shape index (κ2) is 7.72. The fraction of sp³-hybridized carbons (Fsp3) is 0.273. The van der Waals surface area contributed by atoms with Crippen molar-refractivity contribution in [1.82, 2.24) is 0 Å². The fourth-order valence-electron chi connectivity index (χ4n) is 3.11. The van der Waals surface area contributed by atoms with E-state index in [0.717, 1.165) is 22.6 Å². The van der Waals surface area contributed by atoms with Crippen LogP contribution >= 0.6 is 11.8 Å². The highest BCUT2D eigenvalue weighted by Gasteiger charge is 2.35. The van der Waals surface area contributed by atoms with Crippen LogP contribution < -0.4 is 14.4 Å². The molecule has 1 fully saturated rings. The number of amides is 1. The lowest BCUT2D eigenvalue weighted by molar-refractivity contribution is -0.113. The number of hydrogen-bond acceptors (Lipinski definition) is 5. The topological polar surface area (TPSA) is 51.1 Å². The van der Waals surface area contributed by atoms with Gasteiger partial charge in [-0.3, -0.25) is 14.7 Å². The van der Waals surface area contributed by atoms with Crippen molar-refractivity contribution in [3.63, 3.8) is 0 Å². The van der Waals surface area contributed by atoms with Crippen molar-refractivity contribution in [2.45, 2.75) is 26.8 Å². The van der Waals surface area contributed by atoms with Gasteiger partial charge in [-0.05, 0) is 67.9 Å². The van der Waals surface area contributed by atoms with Gasteiger partial charge < -0.3 is 9.47 Å². The summed E-state index contributed by atoms with van der Waals surface area (Å²) in [6.45, 7) is 7.12. The summed E-state index contributed by atoms with van der Waals surface area (Å²) in [4.78, 5) is 20.3. The molecule has 0 radical (unpaired) electrons. The van der Waals surface area contributed by atoms with Crippen molar-refractivity contribution in [1.29, 1.82) is 0 Å². The molecule has 0 spiro atoms. The zero-order valence-electron chi connectivity index (χ0n) is 16.1. The van der Waals surface area contributed by atoms with Crippen molar-refractivity contribution in [2.24, 2.45) is 4.99 Å². The van der Waals surface area contributed by atoms with Crippen LogP contribution in [0.2, 0.25) is 0 Å². The highest BCUT2D eigenvalue weighted by Crippen LogP contribution is 2.38. The molecule has 2 aliphatic rings. The fourth-order valence-corrected chi connectivity index (χ4v) is 4.22. The summed E-state index contributed by atoms with van der Waals surface area (Å²) in [5.41, 5.74) is 2.80. The third kappa shape index (κ3) is 3.64. The molecule has 0 aromatic heterocycles. The lowest BCUT2D eigenvalue weighted by atomic mass is 10.1. The molecular weight excluding hydrogens is 372 g/mol. The smallest absolute Gasteiger partial charge is 0.271 e. The monoisotopic (exact) mass is 394 g/mol. The maximum atomic E-state index is 13.2. The quantitative estimate of drug-likeness (QED) is 0.711. The summed E-state index contributed by atoms with van der Waals surface area (Å²) >= 11 is 1.41. The van der Waals surface area contributed by atoms with Crippen LogP contribution in [0.1, 0.15) is 25.0 Å². The number of rotatable bonds is 3. The van der Waals surface area contributed by atoms with Crippen LogP contribution in [0.15, 0.2) is 52.4 Å². The number of carbonyl (C=O) groups excluding carboxylic acids is 1. The van der Waals surface area contributed by atoms with Gasteiger partial charge in [-0.25, -0.2) is 0 Å². The highest BCUT2D eigenvalue weighted by molar-refractivity contribution is 8.19. The number of benzene rings is 2. The number of fused-ring (bicyclic) bond motifs is 1. The van der Waals surface area contributed by atoms with Gasteiger partial charge in [-0.1, -0.05) is 24.3 Å². The van der Waals surface area contributed by atoms with Gasteiger partial charge in [0.25, 0.3) is 5.91 Å². The van der Waals surface area contributed by atoms with Gasteiger partial charge in [0.05, 0.1) is 10.6 Å². The largest absolute Gasteiger partial charge is 0.486 e. The standard InChI is InChI=1S/C22H22N2O3S/c1-14(2)23-22-24(17-7-5-4-6-15(17)3)21(25)20(28-22)13-16-8-9-18-19(12-16)27-11-10-26-18/h4-9,12-14H,10-11H2,1-3H3. The van der Waals surface area contributed by atoms with Crippen molar-refractivity contribution in [2.75, 3.05) is 18.1 Å². The first-order valence-corrected chi connectivity index (χ1v) is 10.1. The van der Waals surface area contributed by atoms with Crippen LogP contribution in [0.4, 0.5) is 5.69 Å². The molecule has 144 valence electrons. The highest BCUT2D eigenvalue weighted by atomic mass is 32.2. The van der Waals surface area contributed by atoms with Crippen molar-refractivity contribution in [3.8, 4) is 11.5 Å². The van der Waals surface area contributed by atoms with E-state index in [1.807, 2.05) is 69.3 Å². The van der Waals surface area contributed by atoms with Crippen molar-refractivity contribution < 1.29 is 14.3 Å². The number of thioether (sulfide) groups is 1. The van der Waals surface area contributed by atoms with Gasteiger partial charge in [0, 0.05) is 6.04 Å². The second-order valence-corrected chi connectivity index (χ2v) is 7.96. The van der Waals surface area contributed by atoms with Crippen LogP contribution in [0.25, 0.3) is 6.08 Å². The molecule has 2 heterocycles. The van der Waals surface area contributed by atoms with Crippen LogP contribution in [0.3, 0.4) is 0 Å². The third-order valence-corrected chi connectivity index (χ3v) is 5.38. The number of anilines is 1. The van der Waals surface area contributed by atoms with Gasteiger partial charge in [0.1, 0.15) is 13.2 Å². The first-order chi connectivity index (χ1) is 13.5. The Morgan fingerprint density at radius 3 is 2.61 bits per heavy atom. The Labute approximate surface area is 169 Å². The summed E-state index contributed by atoms with van der Waals surface area (Å²) in [6.07, 6.45) is 1.89. The van der Waals surface area contributed by atoms with Crippen LogP contribution in [-0.2, 0) is 4.79 Å². The lowest BCUT2D eigenvalue weighted by Gasteiger charge is -2.18. The predicted molar refractivity (Wildman–Crippen MR) is 114 cm³/mol. The molecule has 0 unspecified atom stereocenters. The van der Waals surface area contributed by atoms with Gasteiger partial charge in [0.2, 0.25) is 0 Å². The number of ether oxygens (including phenoxy) is 2. The minimum atomic E-state index is -0.0615. The Kier molecular flexibility index (Phi) is 5.13. The minimum Gasteiger partial charge on any atom is -0.486 e. The van der Waals surface area contributed by atoms with E-state index in [-0.39, 0.29) is 11.9 Å². The van der Waals surface area contributed by atoms with Crippen molar-refractivity contribution >= 4 is 34.6 Å². The number of nitrogens with zero attached hydrogens (tertiary/aromatic N) is 2. The number of para-hydroxylation sites is 1. The van der Waals surface area contributed by atoms with E-state index in [1.165, 1.54) is 11.8 Å². The lowest BCUT2D eigenvalue weighted by Crippen LogP contribution is -2.30. The Hall–Kier alpha value is -2.73. The summed E-state index contributed by atoms with van der Waals surface area (Å²) < 4.78 is 11.2. The van der Waals surface area contributed by atoms with Crippen molar-refractivity contribution in [3.05, 3.63) is 58.5 Å². The molecule has 0 bridgehead atoms. The average molecular weight is 394 g/mol. The normalized spacial score (nSPS) is 19.1. The molecule has 0 atom stereocenters. The van der Waals surface area contributed by atoms with Gasteiger partial charge in [-0.15, -0.1) is 0 Å². The van der Waals surface area contributed by atoms with E-state index in [4.69, 9.17) is 9.47 Å². The third-order valence-electron chi connectivity index (χ3n) is 4.40. The van der Waals surface area contributed by atoms with E-state index in [0.29, 0.717) is 29.0 Å². The average Bonchev–Trinajstić information content (AvgIpc) is 2.96. The molecule has 0 saturated carbocycles. The number of aryl methyl sites for hydroxylation is 1. The van der Waals surface area contributed by atoms with Gasteiger partial charge >= 0.3 is 0 Å². The van der Waals surface area contributed by atoms with Gasteiger partial charge in [-0.2, -0.15) is 0 Å². The maximum Gasteiger partial charge on any atom is 0.271 e. The first-order valence-electron chi connectivity index (χ1n) is 9.30. The number of hydrogen-bond donors (Lipinski definition) is 0. The Bertz CT molecular complexity index is 981. The maximum absolute atomic E-state index is 13.2. The van der Waals surface area contributed by atoms with E-state index in [9.17, 15) is 4.79 Å². The summed E-state index contributed by atoms with van der Waals surface area (Å²) in [5.74, 6) is 1.39. The molecule has 2 aromatic rings. The van der Waals surface area contributed by atoms with Gasteiger partial charge in [0.15, 0.2) is 16.7 Å². The molecule has 1 amide bonds. The molecule has 4 rings (SSSR count). The Morgan fingerprint density at radius 1 is 1.11 bits per heavy atom. The molecular formula is C22H22N2O3S. The zero-order chi connectivity index (χ0) is 19.7. The molecule has 2 aliphatic heterocycles. The predicted octanol–water partition coefficient (Wildman–Crippen LogP) is 4.65. The second-order valence-electron chi connectivity index (χ2n) is 6.95. The molecule has 0 aliphatic carbocycles. The SMILES string of the molecule is Cc1ccccc1N1C(=O)C(=Cc2ccc3c(c2)OCCO3)SC1=NC(C)C. The Balaban J connectivity index is 1.72. The zero-order valence-corrected chi connectivity index (χ0v) is 17.0. The number of amidine groups is 1. The number of carbonyl (C=O) groups is 1. The summed E-state index contributed by atoms with van der Waals surface area (Å²) in [6, 6.07) is 13.7. The van der Waals surface area contributed by atoms with E-state index in [1.54, 1.807) is 4.90 Å². The molecule has 6 heteroatoms. The van der Waals surface area contributed by atoms with E-state index in [2.05, 4.69) is 4.99 Å². The van der Waals surface area contributed by atoms with Crippen LogP contribution in [0.5, 0.6) is 11.5 Å². The molecule has 2 aromatic carbocycles. The minimum absolute atomic E-state index is 0.0615. The Morgan fingerprint density at radius 2 is 1.86 bits per heavy atom. The summed E-state index contributed by atoms with van der Waals surface area (Å²) in [5, 5.41) is 0.707. The summed E-state index contributed by atoms with van der Waals surface area (Å²) in [7, 11) is 0. The van der Waals surface area contributed by atoms with E-state index >= 15 is 0 Å². The molecule has 1 saturated heterocycles. The molecule has 5 nitrogen and oxygen atoms in total. The van der Waals surface area contributed by atoms with E-state index < -0.39 is 0 Å². The first kappa shape index (κ1) is 18.6. The van der Waals surface area contributed by atoms with Crippen LogP contribution in [-0.4, -0.2) is 30.3 Å².